The molecule has 1 fully saturated rings. The Kier molecular flexibility index (Phi) is 9.05. The smallest absolute Gasteiger partial charge is 0.381 e. The maximum Gasteiger partial charge on any atom is 0.393 e. The first kappa shape index (κ1) is 29.5. The van der Waals surface area contributed by atoms with Gasteiger partial charge in [-0.25, -0.2) is 0 Å². The molecule has 3 aromatic rings. The SMILES string of the molecule is CCc1cc(P(C)(C)=O)ccc1NCC#Cc1sc2c(N[C@H]3CCN(C)C[C@@H]3C)cccc2c1CC(F)(F)F. The number of thiophene rings is 1. The second kappa shape index (κ2) is 12.0. The van der Waals surface area contributed by atoms with Crippen molar-refractivity contribution in [3.63, 3.8) is 0 Å². The zero-order chi connectivity index (χ0) is 28.4. The van der Waals surface area contributed by atoms with Crippen LogP contribution in [0, 0.1) is 17.8 Å². The third-order valence-electron chi connectivity index (χ3n) is 7.31. The lowest BCUT2D eigenvalue weighted by Gasteiger charge is -2.35. The highest BCUT2D eigenvalue weighted by molar-refractivity contribution is 7.70. The molecular formula is C30H37F3N3OPS. The number of nitrogens with zero attached hydrogens (tertiary/aromatic N) is 1. The number of rotatable bonds is 7. The highest BCUT2D eigenvalue weighted by Gasteiger charge is 2.31. The fourth-order valence-electron chi connectivity index (χ4n) is 5.17. The maximum atomic E-state index is 13.6. The van der Waals surface area contributed by atoms with Crippen molar-refractivity contribution >= 4 is 45.2 Å². The number of benzene rings is 2. The number of nitrogens with one attached hydrogen (secondary N) is 2. The van der Waals surface area contributed by atoms with Crippen LogP contribution in [-0.2, 0) is 17.4 Å². The van der Waals surface area contributed by atoms with Crippen molar-refractivity contribution in [3.05, 3.63) is 52.4 Å². The van der Waals surface area contributed by atoms with Crippen molar-refractivity contribution in [2.75, 3.05) is 50.6 Å². The fourth-order valence-corrected chi connectivity index (χ4v) is 7.24. The van der Waals surface area contributed by atoms with E-state index < -0.39 is 19.7 Å². The van der Waals surface area contributed by atoms with E-state index in [1.165, 1.54) is 11.3 Å². The Bertz CT molecular complexity index is 1430. The van der Waals surface area contributed by atoms with Gasteiger partial charge < -0.3 is 20.1 Å². The van der Waals surface area contributed by atoms with E-state index in [0.29, 0.717) is 22.7 Å². The lowest BCUT2D eigenvalue weighted by Crippen LogP contribution is -2.43. The molecule has 9 heteroatoms. The van der Waals surface area contributed by atoms with E-state index in [9.17, 15) is 17.7 Å². The van der Waals surface area contributed by atoms with Crippen LogP contribution in [-0.4, -0.2) is 57.1 Å². The van der Waals surface area contributed by atoms with E-state index >= 15 is 0 Å². The van der Waals surface area contributed by atoms with Crippen molar-refractivity contribution in [2.24, 2.45) is 5.92 Å². The van der Waals surface area contributed by atoms with Crippen LogP contribution in [0.4, 0.5) is 24.5 Å². The summed E-state index contributed by atoms with van der Waals surface area (Å²) in [5, 5.41) is 8.38. The molecule has 2 N–H and O–H groups in total. The molecule has 0 aliphatic carbocycles. The Morgan fingerprint density at radius 1 is 1.18 bits per heavy atom. The first-order chi connectivity index (χ1) is 18.4. The van der Waals surface area contributed by atoms with E-state index in [2.05, 4.69) is 41.3 Å². The average molecular weight is 576 g/mol. The summed E-state index contributed by atoms with van der Waals surface area (Å²) < 4.78 is 54.1. The van der Waals surface area contributed by atoms with E-state index in [0.717, 1.165) is 52.9 Å². The molecule has 0 unspecified atom stereocenters. The number of halogens is 3. The molecule has 39 heavy (non-hydrogen) atoms. The minimum atomic E-state index is -4.33. The van der Waals surface area contributed by atoms with Crippen molar-refractivity contribution in [1.82, 2.24) is 4.90 Å². The third-order valence-corrected chi connectivity index (χ3v) is 10.0. The van der Waals surface area contributed by atoms with E-state index in [1.807, 2.05) is 37.3 Å². The Balaban J connectivity index is 1.60. The molecule has 1 aromatic heterocycles. The van der Waals surface area contributed by atoms with E-state index in [1.54, 1.807) is 19.4 Å². The van der Waals surface area contributed by atoms with E-state index in [4.69, 9.17) is 0 Å². The number of fused-ring (bicyclic) bond motifs is 1. The van der Waals surface area contributed by atoms with Crippen molar-refractivity contribution in [2.45, 2.75) is 45.3 Å². The van der Waals surface area contributed by atoms with Gasteiger partial charge in [0.2, 0.25) is 0 Å². The lowest BCUT2D eigenvalue weighted by atomic mass is 9.94. The number of alkyl halides is 3. The number of piperidine rings is 1. The van der Waals surface area contributed by atoms with Gasteiger partial charge in [-0.2, -0.15) is 13.2 Å². The molecule has 1 aliphatic heterocycles. The standard InChI is InChI=1S/C30H37F3N3OPS/c1-6-21-17-22(38(4,5)37)12-13-26(21)34-15-8-11-28-24(18-30(31,32)33)23-9-7-10-27(29(23)39-28)35-25-14-16-36(3)19-20(25)2/h7,9-10,12-13,17,20,25,34-35H,6,14-16,18-19H2,1-5H3/t20-,25-/m0/s1. The molecular weight excluding hydrogens is 538 g/mol. The summed E-state index contributed by atoms with van der Waals surface area (Å²) in [5.41, 5.74) is 3.06. The largest absolute Gasteiger partial charge is 0.393 e. The summed E-state index contributed by atoms with van der Waals surface area (Å²) in [6, 6.07) is 11.6. The molecule has 210 valence electrons. The van der Waals surface area contributed by atoms with Gasteiger partial charge in [0.15, 0.2) is 0 Å². The van der Waals surface area contributed by atoms with Gasteiger partial charge in [0.25, 0.3) is 0 Å². The predicted molar refractivity (Wildman–Crippen MR) is 161 cm³/mol. The predicted octanol–water partition coefficient (Wildman–Crippen LogP) is 7.03. The van der Waals surface area contributed by atoms with Crippen LogP contribution < -0.4 is 15.9 Å². The second-order valence-electron chi connectivity index (χ2n) is 10.9. The Hall–Kier alpha value is -2.46. The molecule has 0 saturated carbocycles. The molecule has 1 saturated heterocycles. The van der Waals surface area contributed by atoms with Crippen LogP contribution in [0.5, 0.6) is 0 Å². The number of hydrogen-bond donors (Lipinski definition) is 2. The number of likely N-dealkylation sites (tertiary alicyclic amines) is 1. The van der Waals surface area contributed by atoms with Crippen molar-refractivity contribution in [1.29, 1.82) is 0 Å². The minimum absolute atomic E-state index is 0.246. The highest BCUT2D eigenvalue weighted by Crippen LogP contribution is 2.40. The zero-order valence-electron chi connectivity index (χ0n) is 23.2. The molecule has 2 heterocycles. The molecule has 1 aliphatic rings. The number of aryl methyl sites for hydroxylation is 1. The summed E-state index contributed by atoms with van der Waals surface area (Å²) >= 11 is 1.33. The highest BCUT2D eigenvalue weighted by atomic mass is 32.1. The Morgan fingerprint density at radius 2 is 1.95 bits per heavy atom. The van der Waals surface area contributed by atoms with Gasteiger partial charge in [-0.15, -0.1) is 11.3 Å². The van der Waals surface area contributed by atoms with Gasteiger partial charge in [0.1, 0.15) is 7.14 Å². The minimum Gasteiger partial charge on any atom is -0.381 e. The monoisotopic (exact) mass is 575 g/mol. The molecule has 4 rings (SSSR count). The van der Waals surface area contributed by atoms with Crippen LogP contribution in [0.2, 0.25) is 0 Å². The topological polar surface area (TPSA) is 44.4 Å². The summed E-state index contributed by atoms with van der Waals surface area (Å²) in [5.74, 6) is 6.52. The summed E-state index contributed by atoms with van der Waals surface area (Å²) in [6.45, 7) is 10.0. The second-order valence-corrected chi connectivity index (χ2v) is 15.1. The first-order valence-electron chi connectivity index (χ1n) is 13.3. The molecule has 0 spiro atoms. The first-order valence-corrected chi connectivity index (χ1v) is 16.7. The van der Waals surface area contributed by atoms with Crippen LogP contribution in [0.25, 0.3) is 10.1 Å². The Morgan fingerprint density at radius 3 is 2.62 bits per heavy atom. The number of hydrogen-bond acceptors (Lipinski definition) is 5. The molecule has 0 bridgehead atoms. The molecule has 0 radical (unpaired) electrons. The van der Waals surface area contributed by atoms with E-state index in [-0.39, 0.29) is 11.6 Å². The van der Waals surface area contributed by atoms with Gasteiger partial charge in [-0.05, 0) is 86.5 Å². The summed E-state index contributed by atoms with van der Waals surface area (Å²) in [6.07, 6.45) is -3.58. The average Bonchev–Trinajstić information content (AvgIpc) is 3.19. The summed E-state index contributed by atoms with van der Waals surface area (Å²) in [7, 11) is -0.250. The van der Waals surface area contributed by atoms with Crippen LogP contribution >= 0.6 is 18.5 Å². The summed E-state index contributed by atoms with van der Waals surface area (Å²) in [4.78, 5) is 2.76. The Labute approximate surface area is 233 Å². The zero-order valence-corrected chi connectivity index (χ0v) is 24.9. The molecule has 0 amide bonds. The maximum absolute atomic E-state index is 13.6. The van der Waals surface area contributed by atoms with Gasteiger partial charge >= 0.3 is 6.18 Å². The van der Waals surface area contributed by atoms with Crippen molar-refractivity contribution in [3.8, 4) is 11.8 Å². The normalized spacial score (nSPS) is 18.6. The van der Waals surface area contributed by atoms with Crippen LogP contribution in [0.1, 0.15) is 36.3 Å². The molecule has 2 atom stereocenters. The van der Waals surface area contributed by atoms with Gasteiger partial charge in [0, 0.05) is 23.6 Å². The van der Waals surface area contributed by atoms with Gasteiger partial charge in [0.05, 0.1) is 28.2 Å². The van der Waals surface area contributed by atoms with Gasteiger partial charge in [-0.1, -0.05) is 37.8 Å². The quantitative estimate of drug-likeness (QED) is 0.235. The van der Waals surface area contributed by atoms with Crippen LogP contribution in [0.15, 0.2) is 36.4 Å². The fraction of sp³-hybridized carbons (Fsp3) is 0.467. The third kappa shape index (κ3) is 7.39. The van der Waals surface area contributed by atoms with Gasteiger partial charge in [-0.3, -0.25) is 0 Å². The van der Waals surface area contributed by atoms with Crippen molar-refractivity contribution < 1.29 is 17.7 Å². The molecule has 2 aromatic carbocycles. The molecule has 4 nitrogen and oxygen atoms in total. The number of anilines is 2. The van der Waals surface area contributed by atoms with Crippen LogP contribution in [0.3, 0.4) is 0 Å². The lowest BCUT2D eigenvalue weighted by molar-refractivity contribution is -0.126.